The summed E-state index contributed by atoms with van der Waals surface area (Å²) in [6.07, 6.45) is 4.28. The lowest BCUT2D eigenvalue weighted by Crippen LogP contribution is -2.67. The van der Waals surface area contributed by atoms with E-state index in [0.29, 0.717) is 23.4 Å². The van der Waals surface area contributed by atoms with Gasteiger partial charge in [-0.2, -0.15) is 9.97 Å². The summed E-state index contributed by atoms with van der Waals surface area (Å²) in [7, 11) is 4.13. The van der Waals surface area contributed by atoms with E-state index in [1.807, 2.05) is 24.3 Å². The number of ether oxygens (including phenoxy) is 1. The SMILES string of the molecule is CN(C)CC1(COc2nc(N3CC4(C)CCC3CN4)c3cc(Cl)c(-c4cc(O)cc5ccccc45)c(F)c3n2)CC1. The average molecular weight is 576 g/mol. The maximum absolute atomic E-state index is 16.8. The number of hydrogen-bond donors (Lipinski definition) is 2. The number of hydrogen-bond acceptors (Lipinski definition) is 7. The van der Waals surface area contributed by atoms with Gasteiger partial charge in [-0.3, -0.25) is 0 Å². The number of nitrogens with zero attached hydrogens (tertiary/aromatic N) is 4. The minimum Gasteiger partial charge on any atom is -0.508 e. The summed E-state index contributed by atoms with van der Waals surface area (Å²) >= 11 is 6.89. The molecule has 2 atom stereocenters. The number of halogens is 2. The highest BCUT2D eigenvalue weighted by Crippen LogP contribution is 2.47. The first-order valence-corrected chi connectivity index (χ1v) is 14.7. The summed E-state index contributed by atoms with van der Waals surface area (Å²) in [5.41, 5.74) is 0.938. The van der Waals surface area contributed by atoms with Crippen LogP contribution in [0.1, 0.15) is 32.6 Å². The summed E-state index contributed by atoms with van der Waals surface area (Å²) in [5.74, 6) is 0.160. The summed E-state index contributed by atoms with van der Waals surface area (Å²) in [6.45, 7) is 5.23. The molecule has 4 fully saturated rings. The van der Waals surface area contributed by atoms with Gasteiger partial charge in [0, 0.05) is 47.6 Å². The van der Waals surface area contributed by atoms with Crippen molar-refractivity contribution in [1.29, 1.82) is 0 Å². The highest BCUT2D eigenvalue weighted by Gasteiger charge is 2.45. The number of piperidine rings is 2. The van der Waals surface area contributed by atoms with E-state index < -0.39 is 5.82 Å². The molecule has 41 heavy (non-hydrogen) atoms. The van der Waals surface area contributed by atoms with E-state index in [1.165, 1.54) is 0 Å². The summed E-state index contributed by atoms with van der Waals surface area (Å²) in [4.78, 5) is 14.0. The predicted octanol–water partition coefficient (Wildman–Crippen LogP) is 6.00. The zero-order valence-corrected chi connectivity index (χ0v) is 24.4. The molecule has 0 amide bonds. The largest absolute Gasteiger partial charge is 0.508 e. The van der Waals surface area contributed by atoms with Gasteiger partial charge in [-0.15, -0.1) is 0 Å². The van der Waals surface area contributed by atoms with Crippen LogP contribution < -0.4 is 15.0 Å². The van der Waals surface area contributed by atoms with Gasteiger partial charge in [0.2, 0.25) is 0 Å². The molecule has 1 aromatic heterocycles. The van der Waals surface area contributed by atoms with Crippen molar-refractivity contribution in [3.63, 3.8) is 0 Å². The molecule has 3 aliphatic heterocycles. The van der Waals surface area contributed by atoms with Crippen molar-refractivity contribution < 1.29 is 14.2 Å². The maximum Gasteiger partial charge on any atom is 0.319 e. The number of benzene rings is 3. The number of piperazine rings is 1. The molecule has 0 spiro atoms. The zero-order valence-electron chi connectivity index (χ0n) is 23.7. The molecule has 3 aromatic carbocycles. The van der Waals surface area contributed by atoms with Crippen molar-refractivity contribution >= 4 is 39.1 Å². The number of phenols is 1. The molecular formula is C32H35ClFN5O2. The number of nitrogens with one attached hydrogen (secondary N) is 1. The third-order valence-electron chi connectivity index (χ3n) is 9.10. The Hall–Kier alpha value is -3.20. The molecule has 8 rings (SSSR count). The van der Waals surface area contributed by atoms with Crippen molar-refractivity contribution in [2.75, 3.05) is 45.2 Å². The van der Waals surface area contributed by atoms with Gasteiger partial charge in [0.25, 0.3) is 0 Å². The highest BCUT2D eigenvalue weighted by atomic mass is 35.5. The van der Waals surface area contributed by atoms with E-state index in [9.17, 15) is 5.11 Å². The van der Waals surface area contributed by atoms with Gasteiger partial charge in [0.15, 0.2) is 5.82 Å². The number of rotatable bonds is 7. The van der Waals surface area contributed by atoms with Crippen LogP contribution in [0.3, 0.4) is 0 Å². The molecule has 4 aliphatic rings. The van der Waals surface area contributed by atoms with Gasteiger partial charge in [0.05, 0.1) is 11.6 Å². The van der Waals surface area contributed by atoms with E-state index in [0.717, 1.165) is 56.1 Å². The van der Waals surface area contributed by atoms with Crippen LogP contribution in [0.2, 0.25) is 5.02 Å². The molecule has 214 valence electrons. The fraction of sp³-hybridized carbons (Fsp3) is 0.438. The van der Waals surface area contributed by atoms with Gasteiger partial charge >= 0.3 is 6.01 Å². The molecule has 2 N–H and O–H groups in total. The van der Waals surface area contributed by atoms with Crippen molar-refractivity contribution in [2.45, 2.75) is 44.2 Å². The lowest BCUT2D eigenvalue weighted by molar-refractivity contribution is 0.181. The standard InChI is InChI=1S/C32H35ClFN5O2/c1-31-9-8-20(15-35-31)39(16-31)29-24-14-25(33)26(23-13-21(40)12-19-6-4-5-7-22(19)23)27(34)28(24)36-30(37-29)41-18-32(10-11-32)17-38(2)3/h4-7,12-14,20,35,40H,8-11,15-18H2,1-3H3. The third-order valence-corrected chi connectivity index (χ3v) is 9.40. The van der Waals surface area contributed by atoms with Crippen LogP contribution in [-0.2, 0) is 0 Å². The smallest absolute Gasteiger partial charge is 0.319 e. The molecule has 2 bridgehead atoms. The second-order valence-corrected chi connectivity index (χ2v) is 13.2. The molecule has 1 aliphatic carbocycles. The van der Waals surface area contributed by atoms with E-state index in [2.05, 4.69) is 41.1 Å². The van der Waals surface area contributed by atoms with Crippen LogP contribution in [-0.4, -0.2) is 71.9 Å². The van der Waals surface area contributed by atoms with E-state index in [4.69, 9.17) is 21.3 Å². The first-order valence-electron chi connectivity index (χ1n) is 14.3. The Kier molecular flexibility index (Phi) is 6.30. The van der Waals surface area contributed by atoms with Crippen LogP contribution >= 0.6 is 11.6 Å². The lowest BCUT2D eigenvalue weighted by Gasteiger charge is -2.52. The molecule has 7 nitrogen and oxygen atoms in total. The van der Waals surface area contributed by atoms with Crippen LogP contribution in [0.15, 0.2) is 42.5 Å². The summed E-state index contributed by atoms with van der Waals surface area (Å²) in [6, 6.07) is 13.0. The van der Waals surface area contributed by atoms with Crippen LogP contribution in [0.4, 0.5) is 10.2 Å². The molecule has 1 saturated carbocycles. The number of anilines is 1. The summed E-state index contributed by atoms with van der Waals surface area (Å²) < 4.78 is 23.0. The fourth-order valence-corrected chi connectivity index (χ4v) is 7.09. The van der Waals surface area contributed by atoms with Crippen LogP contribution in [0, 0.1) is 11.2 Å². The van der Waals surface area contributed by atoms with Crippen LogP contribution in [0.25, 0.3) is 32.8 Å². The number of fused-ring (bicyclic) bond motifs is 5. The number of aromatic hydroxyl groups is 1. The van der Waals surface area contributed by atoms with Crippen molar-refractivity contribution in [3.05, 3.63) is 53.3 Å². The van der Waals surface area contributed by atoms with Crippen molar-refractivity contribution in [3.8, 4) is 22.9 Å². The molecule has 4 aromatic rings. The minimum absolute atomic E-state index is 0.0421. The minimum atomic E-state index is -0.544. The Labute approximate surface area is 244 Å². The first kappa shape index (κ1) is 26.7. The predicted molar refractivity (Wildman–Crippen MR) is 162 cm³/mol. The van der Waals surface area contributed by atoms with Gasteiger partial charge in [-0.25, -0.2) is 4.39 Å². The van der Waals surface area contributed by atoms with E-state index in [-0.39, 0.29) is 44.9 Å². The third kappa shape index (κ3) is 4.76. The quantitative estimate of drug-likeness (QED) is 0.280. The normalized spacial score (nSPS) is 23.1. The Morgan fingerprint density at radius 3 is 2.66 bits per heavy atom. The van der Waals surface area contributed by atoms with Gasteiger partial charge in [-0.05, 0) is 81.2 Å². The highest BCUT2D eigenvalue weighted by molar-refractivity contribution is 6.35. The molecule has 9 heteroatoms. The molecule has 2 unspecified atom stereocenters. The molecule has 0 radical (unpaired) electrons. The van der Waals surface area contributed by atoms with E-state index >= 15 is 4.39 Å². The molecule has 4 heterocycles. The summed E-state index contributed by atoms with van der Waals surface area (Å²) in [5, 5.41) is 16.6. The second-order valence-electron chi connectivity index (χ2n) is 12.8. The maximum atomic E-state index is 16.8. The lowest BCUT2D eigenvalue weighted by atomic mass is 9.82. The Morgan fingerprint density at radius 2 is 1.95 bits per heavy atom. The monoisotopic (exact) mass is 575 g/mol. The van der Waals surface area contributed by atoms with Gasteiger partial charge in [0.1, 0.15) is 17.1 Å². The van der Waals surface area contributed by atoms with Crippen LogP contribution in [0.5, 0.6) is 11.8 Å². The topological polar surface area (TPSA) is 73.8 Å². The Balaban J connectivity index is 1.39. The average Bonchev–Trinajstić information content (AvgIpc) is 3.70. The number of aromatic nitrogens is 2. The Morgan fingerprint density at radius 1 is 1.15 bits per heavy atom. The zero-order chi connectivity index (χ0) is 28.5. The number of phenolic OH excluding ortho intramolecular Hbond substituents is 1. The van der Waals surface area contributed by atoms with Gasteiger partial charge < -0.3 is 25.0 Å². The molecule has 3 saturated heterocycles. The Bertz CT molecular complexity index is 1670. The molecular weight excluding hydrogens is 541 g/mol. The van der Waals surface area contributed by atoms with Crippen molar-refractivity contribution in [2.24, 2.45) is 5.41 Å². The fourth-order valence-electron chi connectivity index (χ4n) is 6.80. The van der Waals surface area contributed by atoms with Gasteiger partial charge in [-0.1, -0.05) is 35.9 Å². The second kappa shape index (κ2) is 9.68. The first-order chi connectivity index (χ1) is 19.6. The van der Waals surface area contributed by atoms with Crippen molar-refractivity contribution in [1.82, 2.24) is 20.2 Å². The van der Waals surface area contributed by atoms with E-state index in [1.54, 1.807) is 18.2 Å².